The van der Waals surface area contributed by atoms with Crippen molar-refractivity contribution < 1.29 is 14.4 Å². The molecule has 1 aromatic carbocycles. The van der Waals surface area contributed by atoms with Crippen LogP contribution in [-0.2, 0) is 9.47 Å². The van der Waals surface area contributed by atoms with Gasteiger partial charge in [0.2, 0.25) is 0 Å². The summed E-state index contributed by atoms with van der Waals surface area (Å²) in [6, 6.07) is 6.15. The summed E-state index contributed by atoms with van der Waals surface area (Å²) < 4.78 is 10.1. The fourth-order valence-corrected chi connectivity index (χ4v) is 1.52. The van der Waals surface area contributed by atoms with Crippen LogP contribution in [0.4, 0.5) is 11.4 Å². The number of nitro groups is 1. The van der Waals surface area contributed by atoms with Crippen LogP contribution in [0, 0.1) is 21.4 Å². The Morgan fingerprint density at radius 1 is 1.53 bits per heavy atom. The van der Waals surface area contributed by atoms with Gasteiger partial charge in [-0.2, -0.15) is 5.26 Å². The molecule has 0 saturated heterocycles. The predicted octanol–water partition coefficient (Wildman–Crippen LogP) is 1.54. The molecule has 1 N–H and O–H groups in total. The second kappa shape index (κ2) is 7.31. The standard InChI is InChI=1S/C12H15N3O4/c1-18-8-11(19-2)7-14-10-4-3-9(6-13)12(5-10)15(16)17/h3-5,11,14H,7-8H2,1-2H3. The average Bonchev–Trinajstić information content (AvgIpc) is 2.43. The molecule has 0 aromatic heterocycles. The molecule has 0 radical (unpaired) electrons. The number of benzene rings is 1. The summed E-state index contributed by atoms with van der Waals surface area (Å²) >= 11 is 0. The number of nitriles is 1. The van der Waals surface area contributed by atoms with E-state index in [2.05, 4.69) is 5.32 Å². The highest BCUT2D eigenvalue weighted by molar-refractivity contribution is 5.59. The van der Waals surface area contributed by atoms with Gasteiger partial charge < -0.3 is 14.8 Å². The van der Waals surface area contributed by atoms with E-state index in [4.69, 9.17) is 14.7 Å². The maximum Gasteiger partial charge on any atom is 0.289 e. The van der Waals surface area contributed by atoms with Crippen molar-refractivity contribution in [1.82, 2.24) is 0 Å². The first-order valence-electron chi connectivity index (χ1n) is 5.56. The molecular formula is C12H15N3O4. The highest BCUT2D eigenvalue weighted by Crippen LogP contribution is 2.22. The number of hydrogen-bond donors (Lipinski definition) is 1. The van der Waals surface area contributed by atoms with Gasteiger partial charge in [-0.25, -0.2) is 0 Å². The molecule has 0 heterocycles. The molecule has 0 aliphatic rings. The third-order valence-corrected chi connectivity index (χ3v) is 2.53. The van der Waals surface area contributed by atoms with Crippen molar-refractivity contribution in [2.24, 2.45) is 0 Å². The molecule has 7 nitrogen and oxygen atoms in total. The number of nitrogens with one attached hydrogen (secondary N) is 1. The molecule has 0 amide bonds. The third kappa shape index (κ3) is 4.21. The minimum atomic E-state index is -0.577. The molecule has 19 heavy (non-hydrogen) atoms. The minimum Gasteiger partial charge on any atom is -0.382 e. The van der Waals surface area contributed by atoms with Gasteiger partial charge in [-0.15, -0.1) is 0 Å². The van der Waals surface area contributed by atoms with Gasteiger partial charge in [-0.1, -0.05) is 0 Å². The molecule has 102 valence electrons. The number of ether oxygens (including phenoxy) is 2. The normalized spacial score (nSPS) is 11.6. The molecule has 0 aliphatic carbocycles. The van der Waals surface area contributed by atoms with E-state index in [-0.39, 0.29) is 17.4 Å². The van der Waals surface area contributed by atoms with Crippen molar-refractivity contribution >= 4 is 11.4 Å². The lowest BCUT2D eigenvalue weighted by atomic mass is 10.1. The van der Waals surface area contributed by atoms with Crippen LogP contribution >= 0.6 is 0 Å². The number of rotatable bonds is 7. The Bertz CT molecular complexity index is 484. The SMILES string of the molecule is COCC(CNc1ccc(C#N)c([N+](=O)[O-])c1)OC. The van der Waals surface area contributed by atoms with Gasteiger partial charge in [0.25, 0.3) is 5.69 Å². The molecule has 0 saturated carbocycles. The van der Waals surface area contributed by atoms with Crippen molar-refractivity contribution in [3.63, 3.8) is 0 Å². The summed E-state index contributed by atoms with van der Waals surface area (Å²) in [5, 5.41) is 22.6. The molecule has 0 fully saturated rings. The monoisotopic (exact) mass is 265 g/mol. The van der Waals surface area contributed by atoms with E-state index in [0.717, 1.165) is 0 Å². The Balaban J connectivity index is 2.77. The first-order valence-corrected chi connectivity index (χ1v) is 5.56. The maximum absolute atomic E-state index is 10.8. The van der Waals surface area contributed by atoms with Crippen LogP contribution in [0.15, 0.2) is 18.2 Å². The lowest BCUT2D eigenvalue weighted by molar-refractivity contribution is -0.385. The zero-order valence-corrected chi connectivity index (χ0v) is 10.8. The summed E-state index contributed by atoms with van der Waals surface area (Å²) in [6.07, 6.45) is -0.153. The third-order valence-electron chi connectivity index (χ3n) is 2.53. The number of methoxy groups -OCH3 is 2. The summed E-state index contributed by atoms with van der Waals surface area (Å²) in [4.78, 5) is 10.2. The van der Waals surface area contributed by atoms with Crippen molar-refractivity contribution in [2.45, 2.75) is 6.10 Å². The Hall–Kier alpha value is -2.17. The van der Waals surface area contributed by atoms with Crippen molar-refractivity contribution in [3.8, 4) is 6.07 Å². The topological polar surface area (TPSA) is 97.4 Å². The molecule has 7 heteroatoms. The molecule has 1 rings (SSSR count). The largest absolute Gasteiger partial charge is 0.382 e. The molecule has 0 aliphatic heterocycles. The first-order chi connectivity index (χ1) is 9.12. The van der Waals surface area contributed by atoms with Crippen LogP contribution in [0.3, 0.4) is 0 Å². The number of anilines is 1. The van der Waals surface area contributed by atoms with Gasteiger partial charge in [0.1, 0.15) is 11.6 Å². The van der Waals surface area contributed by atoms with Crippen LogP contribution in [0.2, 0.25) is 0 Å². The van der Waals surface area contributed by atoms with Gasteiger partial charge >= 0.3 is 0 Å². The van der Waals surface area contributed by atoms with E-state index < -0.39 is 4.92 Å². The lowest BCUT2D eigenvalue weighted by Crippen LogP contribution is -2.26. The Morgan fingerprint density at radius 3 is 2.79 bits per heavy atom. The van der Waals surface area contributed by atoms with E-state index in [1.54, 1.807) is 26.4 Å². The van der Waals surface area contributed by atoms with Crippen LogP contribution in [0.1, 0.15) is 5.56 Å². The molecule has 0 spiro atoms. The van der Waals surface area contributed by atoms with E-state index in [0.29, 0.717) is 18.8 Å². The van der Waals surface area contributed by atoms with Gasteiger partial charge in [-0.05, 0) is 12.1 Å². The van der Waals surface area contributed by atoms with Crippen LogP contribution in [-0.4, -0.2) is 38.4 Å². The smallest absolute Gasteiger partial charge is 0.289 e. The van der Waals surface area contributed by atoms with Gasteiger partial charge in [0.05, 0.1) is 17.6 Å². The maximum atomic E-state index is 10.8. The van der Waals surface area contributed by atoms with Crippen LogP contribution in [0.25, 0.3) is 0 Å². The fourth-order valence-electron chi connectivity index (χ4n) is 1.52. The zero-order chi connectivity index (χ0) is 14.3. The summed E-state index contributed by atoms with van der Waals surface area (Å²) in [7, 11) is 3.13. The van der Waals surface area contributed by atoms with Gasteiger partial charge in [-0.3, -0.25) is 10.1 Å². The number of nitro benzene ring substituents is 1. The zero-order valence-electron chi connectivity index (χ0n) is 10.8. The van der Waals surface area contributed by atoms with E-state index in [1.807, 2.05) is 0 Å². The van der Waals surface area contributed by atoms with Crippen LogP contribution in [0.5, 0.6) is 0 Å². The van der Waals surface area contributed by atoms with Crippen LogP contribution < -0.4 is 5.32 Å². The second-order valence-corrected chi connectivity index (χ2v) is 3.79. The summed E-state index contributed by atoms with van der Waals surface area (Å²) in [6.45, 7) is 0.870. The van der Waals surface area contributed by atoms with Gasteiger partial charge in [0, 0.05) is 32.5 Å². The predicted molar refractivity (Wildman–Crippen MR) is 69.0 cm³/mol. The lowest BCUT2D eigenvalue weighted by Gasteiger charge is -2.15. The molecule has 1 atom stereocenters. The number of nitrogens with zero attached hydrogens (tertiary/aromatic N) is 2. The Morgan fingerprint density at radius 2 is 2.26 bits per heavy atom. The number of hydrogen-bond acceptors (Lipinski definition) is 6. The van der Waals surface area contributed by atoms with Crippen molar-refractivity contribution in [2.75, 3.05) is 32.7 Å². The molecular weight excluding hydrogens is 250 g/mol. The first kappa shape index (κ1) is 14.9. The molecule has 0 bridgehead atoms. The highest BCUT2D eigenvalue weighted by Gasteiger charge is 2.14. The molecule has 1 unspecified atom stereocenters. The van der Waals surface area contributed by atoms with Gasteiger partial charge in [0.15, 0.2) is 0 Å². The summed E-state index contributed by atoms with van der Waals surface area (Å²) in [5.41, 5.74) is 0.382. The van der Waals surface area contributed by atoms with E-state index >= 15 is 0 Å². The fraction of sp³-hybridized carbons (Fsp3) is 0.417. The summed E-state index contributed by atoms with van der Waals surface area (Å²) in [5.74, 6) is 0. The second-order valence-electron chi connectivity index (χ2n) is 3.79. The van der Waals surface area contributed by atoms with Crippen molar-refractivity contribution in [3.05, 3.63) is 33.9 Å². The average molecular weight is 265 g/mol. The molecule has 1 aromatic rings. The Labute approximate surface area is 110 Å². The quantitative estimate of drug-likeness (QED) is 0.593. The van der Waals surface area contributed by atoms with E-state index in [1.165, 1.54) is 12.1 Å². The van der Waals surface area contributed by atoms with Crippen molar-refractivity contribution in [1.29, 1.82) is 5.26 Å². The highest BCUT2D eigenvalue weighted by atomic mass is 16.6. The Kier molecular flexibility index (Phi) is 5.73. The minimum absolute atomic E-state index is 0.0377. The van der Waals surface area contributed by atoms with E-state index in [9.17, 15) is 10.1 Å².